The molecule has 4 aromatic rings. The zero-order chi connectivity index (χ0) is 23.3. The Morgan fingerprint density at radius 3 is 2.44 bits per heavy atom. The van der Waals surface area contributed by atoms with Crippen LogP contribution in [-0.2, 0) is 0 Å². The van der Waals surface area contributed by atoms with Crippen LogP contribution in [0.1, 0.15) is 35.3 Å². The van der Waals surface area contributed by atoms with Crippen molar-refractivity contribution in [2.45, 2.75) is 26.2 Å². The van der Waals surface area contributed by atoms with Crippen LogP contribution in [0.2, 0.25) is 0 Å². The molecule has 34 heavy (non-hydrogen) atoms. The second kappa shape index (κ2) is 10.1. The van der Waals surface area contributed by atoms with Gasteiger partial charge in [-0.15, -0.1) is 0 Å². The molecule has 6 heteroatoms. The number of aromatic nitrogens is 2. The maximum atomic E-state index is 13.0. The minimum Gasteiger partial charge on any atom is -0.492 e. The van der Waals surface area contributed by atoms with Gasteiger partial charge in [0.25, 0.3) is 5.91 Å². The van der Waals surface area contributed by atoms with Crippen LogP contribution in [0.25, 0.3) is 16.5 Å². The lowest BCUT2D eigenvalue weighted by atomic mass is 10.1. The van der Waals surface area contributed by atoms with Gasteiger partial charge >= 0.3 is 0 Å². The number of fused-ring (bicyclic) bond motifs is 1. The Kier molecular flexibility index (Phi) is 6.58. The molecule has 0 unspecified atom stereocenters. The highest BCUT2D eigenvalue weighted by Crippen LogP contribution is 2.32. The van der Waals surface area contributed by atoms with E-state index in [4.69, 9.17) is 4.74 Å². The monoisotopic (exact) mass is 454 g/mol. The number of hydrogen-bond acceptors (Lipinski definition) is 4. The van der Waals surface area contributed by atoms with Gasteiger partial charge in [0.2, 0.25) is 0 Å². The molecule has 0 radical (unpaired) electrons. The fourth-order valence-corrected chi connectivity index (χ4v) is 4.49. The van der Waals surface area contributed by atoms with Crippen molar-refractivity contribution in [2.75, 3.05) is 31.6 Å². The molecule has 1 saturated heterocycles. The molecule has 2 heterocycles. The third kappa shape index (κ3) is 4.97. The smallest absolute Gasteiger partial charge is 0.255 e. The van der Waals surface area contributed by atoms with Gasteiger partial charge in [-0.3, -0.25) is 9.69 Å². The highest BCUT2D eigenvalue weighted by atomic mass is 16.5. The summed E-state index contributed by atoms with van der Waals surface area (Å²) in [6.45, 7) is 5.89. The van der Waals surface area contributed by atoms with Crippen LogP contribution in [0, 0.1) is 6.92 Å². The first-order chi connectivity index (χ1) is 16.7. The van der Waals surface area contributed by atoms with Crippen LogP contribution in [0.3, 0.4) is 0 Å². The third-order valence-electron chi connectivity index (χ3n) is 6.36. The number of nitrogens with zero attached hydrogens (tertiary/aromatic N) is 3. The van der Waals surface area contributed by atoms with Crippen LogP contribution in [0.15, 0.2) is 72.9 Å². The highest BCUT2D eigenvalue weighted by Gasteiger charge is 2.13. The quantitative estimate of drug-likeness (QED) is 0.403. The number of carbonyl (C=O) groups excluding carboxylic acids is 1. The Bertz CT molecular complexity index is 1270. The Hall–Kier alpha value is -3.64. The first-order valence-corrected chi connectivity index (χ1v) is 12.0. The van der Waals surface area contributed by atoms with Crippen LogP contribution < -0.4 is 10.1 Å². The first kappa shape index (κ1) is 22.2. The molecule has 0 spiro atoms. The van der Waals surface area contributed by atoms with Crippen molar-refractivity contribution in [1.29, 1.82) is 0 Å². The lowest BCUT2D eigenvalue weighted by molar-refractivity contribution is 0.102. The van der Waals surface area contributed by atoms with Gasteiger partial charge in [0.05, 0.1) is 11.4 Å². The van der Waals surface area contributed by atoms with Gasteiger partial charge in [-0.05, 0) is 75.3 Å². The summed E-state index contributed by atoms with van der Waals surface area (Å²) in [5.41, 5.74) is 3.24. The Labute approximate surface area is 200 Å². The molecule has 6 nitrogen and oxygen atoms in total. The van der Waals surface area contributed by atoms with E-state index in [1.807, 2.05) is 79.9 Å². The van der Waals surface area contributed by atoms with Crippen molar-refractivity contribution < 1.29 is 9.53 Å². The van der Waals surface area contributed by atoms with Crippen molar-refractivity contribution in [3.8, 4) is 11.4 Å². The molecule has 5 rings (SSSR count). The summed E-state index contributed by atoms with van der Waals surface area (Å²) >= 11 is 0. The van der Waals surface area contributed by atoms with Gasteiger partial charge in [0, 0.05) is 34.8 Å². The van der Waals surface area contributed by atoms with Crippen LogP contribution in [0.4, 0.5) is 5.69 Å². The van der Waals surface area contributed by atoms with Crippen LogP contribution in [0.5, 0.6) is 5.75 Å². The molecule has 1 aliphatic heterocycles. The number of benzene rings is 3. The fraction of sp³-hybridized carbons (Fsp3) is 0.286. The van der Waals surface area contributed by atoms with E-state index < -0.39 is 0 Å². The molecule has 0 aliphatic carbocycles. The van der Waals surface area contributed by atoms with Crippen molar-refractivity contribution in [1.82, 2.24) is 14.7 Å². The predicted molar refractivity (Wildman–Crippen MR) is 136 cm³/mol. The number of hydrogen-bond donors (Lipinski definition) is 1. The van der Waals surface area contributed by atoms with Crippen molar-refractivity contribution in [3.05, 3.63) is 84.2 Å². The molecular weight excluding hydrogens is 424 g/mol. The normalized spacial score (nSPS) is 14.3. The van der Waals surface area contributed by atoms with Crippen molar-refractivity contribution in [2.24, 2.45) is 0 Å². The third-order valence-corrected chi connectivity index (χ3v) is 6.36. The van der Waals surface area contributed by atoms with E-state index in [0.717, 1.165) is 53.2 Å². The Morgan fingerprint density at radius 2 is 1.71 bits per heavy atom. The number of likely N-dealkylation sites (tertiary alicyclic amines) is 1. The molecule has 3 aromatic carbocycles. The summed E-state index contributed by atoms with van der Waals surface area (Å²) < 4.78 is 7.96. The summed E-state index contributed by atoms with van der Waals surface area (Å²) in [5.74, 6) is 0.705. The summed E-state index contributed by atoms with van der Waals surface area (Å²) in [7, 11) is 0. The van der Waals surface area contributed by atoms with E-state index in [9.17, 15) is 4.79 Å². The maximum absolute atomic E-state index is 13.0. The number of rotatable bonds is 7. The molecule has 0 atom stereocenters. The fourth-order valence-electron chi connectivity index (χ4n) is 4.49. The second-order valence-electron chi connectivity index (χ2n) is 8.81. The molecule has 0 bridgehead atoms. The van der Waals surface area contributed by atoms with E-state index in [-0.39, 0.29) is 5.91 Å². The molecule has 1 aromatic heterocycles. The lowest BCUT2D eigenvalue weighted by Crippen LogP contribution is -2.33. The molecule has 174 valence electrons. The first-order valence-electron chi connectivity index (χ1n) is 12.0. The SMILES string of the molecule is Cc1ccn(-c2ccc(C(=O)Nc3ccc(OCCN4CCCCC4)c4ccccc34)cc2)n1. The molecule has 1 N–H and O–H groups in total. The lowest BCUT2D eigenvalue weighted by Gasteiger charge is -2.26. The second-order valence-corrected chi connectivity index (χ2v) is 8.81. The van der Waals surface area contributed by atoms with Crippen LogP contribution in [-0.4, -0.2) is 46.8 Å². The van der Waals surface area contributed by atoms with Gasteiger partial charge in [0.1, 0.15) is 12.4 Å². The number of aryl methyl sites for hydroxylation is 1. The molecule has 1 aliphatic rings. The van der Waals surface area contributed by atoms with E-state index in [1.165, 1.54) is 19.3 Å². The van der Waals surface area contributed by atoms with Crippen molar-refractivity contribution in [3.63, 3.8) is 0 Å². The van der Waals surface area contributed by atoms with Gasteiger partial charge < -0.3 is 10.1 Å². The zero-order valence-electron chi connectivity index (χ0n) is 19.5. The number of nitrogens with one attached hydrogen (secondary N) is 1. The minimum atomic E-state index is -0.146. The molecule has 0 saturated carbocycles. The summed E-state index contributed by atoms with van der Waals surface area (Å²) in [5, 5.41) is 9.46. The summed E-state index contributed by atoms with van der Waals surface area (Å²) in [6, 6.07) is 21.3. The highest BCUT2D eigenvalue weighted by molar-refractivity contribution is 6.10. The predicted octanol–water partition coefficient (Wildman–Crippen LogP) is 5.45. The van der Waals surface area contributed by atoms with Gasteiger partial charge in [-0.25, -0.2) is 4.68 Å². The summed E-state index contributed by atoms with van der Waals surface area (Å²) in [6.07, 6.45) is 5.81. The minimum absolute atomic E-state index is 0.146. The maximum Gasteiger partial charge on any atom is 0.255 e. The standard InChI is InChI=1S/C28H30N4O2/c1-21-15-18-32(30-21)23-11-9-22(10-12-23)28(33)29-26-13-14-27(25-8-4-3-7-24(25)26)34-20-19-31-16-5-2-6-17-31/h3-4,7-15,18H,2,5-6,16-17,19-20H2,1H3,(H,29,33). The number of carbonyl (C=O) groups is 1. The summed E-state index contributed by atoms with van der Waals surface area (Å²) in [4.78, 5) is 15.4. The number of amides is 1. The van der Waals surface area contributed by atoms with E-state index in [1.54, 1.807) is 4.68 Å². The van der Waals surface area contributed by atoms with Gasteiger partial charge in [-0.1, -0.05) is 30.7 Å². The molecular formula is C28H30N4O2. The topological polar surface area (TPSA) is 59.4 Å². The van der Waals surface area contributed by atoms with Gasteiger partial charge in [0.15, 0.2) is 0 Å². The van der Waals surface area contributed by atoms with Gasteiger partial charge in [-0.2, -0.15) is 5.10 Å². The average Bonchev–Trinajstić information content (AvgIpc) is 3.32. The number of ether oxygens (including phenoxy) is 1. The Morgan fingerprint density at radius 1 is 0.941 bits per heavy atom. The van der Waals surface area contributed by atoms with Crippen molar-refractivity contribution >= 4 is 22.4 Å². The molecule has 1 amide bonds. The molecule has 1 fully saturated rings. The largest absolute Gasteiger partial charge is 0.492 e. The van der Waals surface area contributed by atoms with E-state index in [2.05, 4.69) is 15.3 Å². The number of piperidine rings is 1. The average molecular weight is 455 g/mol. The van der Waals surface area contributed by atoms with E-state index >= 15 is 0 Å². The van der Waals surface area contributed by atoms with Crippen LogP contribution >= 0.6 is 0 Å². The zero-order valence-corrected chi connectivity index (χ0v) is 19.5. The van der Waals surface area contributed by atoms with E-state index in [0.29, 0.717) is 12.2 Å². The number of anilines is 1. The Balaban J connectivity index is 1.29.